The van der Waals surface area contributed by atoms with Gasteiger partial charge in [0.2, 0.25) is 0 Å². The van der Waals surface area contributed by atoms with Crippen LogP contribution in [0.25, 0.3) is 0 Å². The highest BCUT2D eigenvalue weighted by Gasteiger charge is 2.15. The molecule has 0 atom stereocenters. The van der Waals surface area contributed by atoms with Gasteiger partial charge in [-0.2, -0.15) is 0 Å². The third kappa shape index (κ3) is 3.78. The molecule has 0 saturated carbocycles. The molecule has 0 spiro atoms. The van der Waals surface area contributed by atoms with E-state index < -0.39 is 5.82 Å². The lowest BCUT2D eigenvalue weighted by atomic mass is 10.1. The number of ether oxygens (including phenoxy) is 1. The summed E-state index contributed by atoms with van der Waals surface area (Å²) >= 11 is 0. The van der Waals surface area contributed by atoms with Gasteiger partial charge in [-0.1, -0.05) is 11.8 Å². The first-order valence-corrected chi connectivity index (χ1v) is 6.23. The van der Waals surface area contributed by atoms with Crippen LogP contribution >= 0.6 is 0 Å². The standard InChI is InChI=1S/C14H15FN2O3/c15-13-10-12(4-3-11(13)2-1-7-18)14(19)16-17-5-8-20-9-6-17/h3-4,10,18H,5-9H2,(H,16,19). The summed E-state index contributed by atoms with van der Waals surface area (Å²) in [5.41, 5.74) is 3.08. The summed E-state index contributed by atoms with van der Waals surface area (Å²) in [6.07, 6.45) is 0. The molecule has 1 aliphatic heterocycles. The van der Waals surface area contributed by atoms with Crippen LogP contribution in [0.15, 0.2) is 18.2 Å². The van der Waals surface area contributed by atoms with Crippen molar-refractivity contribution in [3.63, 3.8) is 0 Å². The first-order valence-electron chi connectivity index (χ1n) is 6.23. The number of aliphatic hydroxyl groups is 1. The molecular formula is C14H15FN2O3. The van der Waals surface area contributed by atoms with Gasteiger partial charge in [0, 0.05) is 18.7 Å². The maximum atomic E-state index is 13.7. The van der Waals surface area contributed by atoms with Crippen molar-refractivity contribution in [3.05, 3.63) is 35.1 Å². The maximum absolute atomic E-state index is 13.7. The van der Waals surface area contributed by atoms with Crippen molar-refractivity contribution in [1.29, 1.82) is 0 Å². The summed E-state index contributed by atoms with van der Waals surface area (Å²) < 4.78 is 18.9. The minimum Gasteiger partial charge on any atom is -0.384 e. The summed E-state index contributed by atoms with van der Waals surface area (Å²) in [5, 5.41) is 10.3. The quantitative estimate of drug-likeness (QED) is 0.756. The third-order valence-corrected chi connectivity index (χ3v) is 2.80. The summed E-state index contributed by atoms with van der Waals surface area (Å²) in [6, 6.07) is 4.06. The second kappa shape index (κ2) is 7.01. The third-order valence-electron chi connectivity index (χ3n) is 2.80. The molecule has 0 aromatic heterocycles. The van der Waals surface area contributed by atoms with E-state index in [2.05, 4.69) is 17.3 Å². The Kier molecular flexibility index (Phi) is 5.07. The fourth-order valence-electron chi connectivity index (χ4n) is 1.78. The molecule has 1 aliphatic rings. The number of hydrogen-bond donors (Lipinski definition) is 2. The van der Waals surface area contributed by atoms with Gasteiger partial charge < -0.3 is 9.84 Å². The van der Waals surface area contributed by atoms with Crippen LogP contribution in [0.2, 0.25) is 0 Å². The Morgan fingerprint density at radius 3 is 2.85 bits per heavy atom. The largest absolute Gasteiger partial charge is 0.384 e. The Bertz CT molecular complexity index is 545. The zero-order chi connectivity index (χ0) is 14.4. The number of carbonyl (C=O) groups excluding carboxylic acids is 1. The van der Waals surface area contributed by atoms with Crippen molar-refractivity contribution in [2.45, 2.75) is 0 Å². The topological polar surface area (TPSA) is 61.8 Å². The fraction of sp³-hybridized carbons (Fsp3) is 0.357. The second-order valence-corrected chi connectivity index (χ2v) is 4.19. The van der Waals surface area contributed by atoms with E-state index in [4.69, 9.17) is 9.84 Å². The molecule has 2 N–H and O–H groups in total. The Labute approximate surface area is 116 Å². The Balaban J connectivity index is 2.04. The van der Waals surface area contributed by atoms with Crippen LogP contribution < -0.4 is 5.43 Å². The minimum atomic E-state index is -0.583. The molecule has 0 aliphatic carbocycles. The summed E-state index contributed by atoms with van der Waals surface area (Å²) in [6.45, 7) is 2.00. The number of amides is 1. The van der Waals surface area contributed by atoms with E-state index in [1.807, 2.05) is 0 Å². The lowest BCUT2D eigenvalue weighted by molar-refractivity contribution is 0.0126. The number of benzene rings is 1. The van der Waals surface area contributed by atoms with E-state index in [-0.39, 0.29) is 23.6 Å². The van der Waals surface area contributed by atoms with Gasteiger partial charge in [-0.25, -0.2) is 9.40 Å². The van der Waals surface area contributed by atoms with E-state index in [1.165, 1.54) is 12.1 Å². The van der Waals surface area contributed by atoms with E-state index in [1.54, 1.807) is 5.01 Å². The minimum absolute atomic E-state index is 0.155. The molecule has 0 bridgehead atoms. The molecule has 6 heteroatoms. The van der Waals surface area contributed by atoms with Crippen molar-refractivity contribution < 1.29 is 19.0 Å². The molecule has 0 unspecified atom stereocenters. The highest BCUT2D eigenvalue weighted by Crippen LogP contribution is 2.10. The van der Waals surface area contributed by atoms with E-state index >= 15 is 0 Å². The molecule has 1 fully saturated rings. The highest BCUT2D eigenvalue weighted by atomic mass is 19.1. The molecule has 1 aromatic rings. The molecule has 1 aromatic carbocycles. The predicted octanol–water partition coefficient (Wildman–Crippen LogP) is 0.147. The van der Waals surface area contributed by atoms with Gasteiger partial charge in [-0.05, 0) is 18.2 Å². The number of morpholine rings is 1. The van der Waals surface area contributed by atoms with Gasteiger partial charge >= 0.3 is 0 Å². The molecule has 1 saturated heterocycles. The lowest BCUT2D eigenvalue weighted by Gasteiger charge is -2.26. The van der Waals surface area contributed by atoms with Crippen molar-refractivity contribution >= 4 is 5.91 Å². The summed E-state index contributed by atoms with van der Waals surface area (Å²) in [4.78, 5) is 12.0. The molecule has 0 radical (unpaired) electrons. The SMILES string of the molecule is O=C(NN1CCOCC1)c1ccc(C#CCO)c(F)c1. The first kappa shape index (κ1) is 14.5. The van der Waals surface area contributed by atoms with E-state index in [9.17, 15) is 9.18 Å². The lowest BCUT2D eigenvalue weighted by Crippen LogP contribution is -2.48. The average Bonchev–Trinajstić information content (AvgIpc) is 2.47. The van der Waals surface area contributed by atoms with Crippen molar-refractivity contribution in [3.8, 4) is 11.8 Å². The smallest absolute Gasteiger partial charge is 0.265 e. The summed E-state index contributed by atoms with van der Waals surface area (Å²) in [5.74, 6) is 3.89. The Morgan fingerprint density at radius 1 is 1.45 bits per heavy atom. The monoisotopic (exact) mass is 278 g/mol. The van der Waals surface area contributed by atoms with Gasteiger partial charge in [0.1, 0.15) is 12.4 Å². The Hall–Kier alpha value is -1.94. The van der Waals surface area contributed by atoms with Crippen LogP contribution in [-0.2, 0) is 4.74 Å². The van der Waals surface area contributed by atoms with Crippen molar-refractivity contribution in [2.75, 3.05) is 32.9 Å². The van der Waals surface area contributed by atoms with Crippen LogP contribution in [0.4, 0.5) is 4.39 Å². The first-order chi connectivity index (χ1) is 9.70. The van der Waals surface area contributed by atoms with Crippen LogP contribution in [0.1, 0.15) is 15.9 Å². The van der Waals surface area contributed by atoms with Crippen LogP contribution in [0.3, 0.4) is 0 Å². The molecule has 1 heterocycles. The molecule has 2 rings (SSSR count). The van der Waals surface area contributed by atoms with E-state index in [0.29, 0.717) is 26.3 Å². The molecular weight excluding hydrogens is 263 g/mol. The predicted molar refractivity (Wildman–Crippen MR) is 70.2 cm³/mol. The van der Waals surface area contributed by atoms with Crippen molar-refractivity contribution in [1.82, 2.24) is 10.4 Å². The zero-order valence-electron chi connectivity index (χ0n) is 10.9. The number of nitrogens with zero attached hydrogens (tertiary/aromatic N) is 1. The van der Waals surface area contributed by atoms with Crippen LogP contribution in [0.5, 0.6) is 0 Å². The number of halogens is 1. The van der Waals surface area contributed by atoms with Crippen LogP contribution in [-0.4, -0.2) is 48.9 Å². The number of carbonyl (C=O) groups is 1. The van der Waals surface area contributed by atoms with Crippen molar-refractivity contribution in [2.24, 2.45) is 0 Å². The van der Waals surface area contributed by atoms with Crippen LogP contribution in [0, 0.1) is 17.7 Å². The molecule has 1 amide bonds. The summed E-state index contributed by atoms with van der Waals surface area (Å²) in [7, 11) is 0. The number of aliphatic hydroxyl groups excluding tert-OH is 1. The highest BCUT2D eigenvalue weighted by molar-refractivity contribution is 5.94. The number of hydrazine groups is 1. The molecule has 5 nitrogen and oxygen atoms in total. The van der Waals surface area contributed by atoms with Gasteiger partial charge in [0.15, 0.2) is 0 Å². The Morgan fingerprint density at radius 2 is 2.20 bits per heavy atom. The van der Waals surface area contributed by atoms with Gasteiger partial charge in [-0.15, -0.1) is 0 Å². The maximum Gasteiger partial charge on any atom is 0.265 e. The zero-order valence-corrected chi connectivity index (χ0v) is 10.9. The average molecular weight is 278 g/mol. The molecule has 20 heavy (non-hydrogen) atoms. The van der Waals surface area contributed by atoms with Gasteiger partial charge in [0.05, 0.1) is 18.8 Å². The normalized spacial score (nSPS) is 15.3. The number of rotatable bonds is 2. The molecule has 106 valence electrons. The van der Waals surface area contributed by atoms with Gasteiger partial charge in [-0.3, -0.25) is 10.2 Å². The number of nitrogens with one attached hydrogen (secondary N) is 1. The fourth-order valence-corrected chi connectivity index (χ4v) is 1.78. The van der Waals surface area contributed by atoms with Gasteiger partial charge in [0.25, 0.3) is 5.91 Å². The number of hydrogen-bond acceptors (Lipinski definition) is 4. The second-order valence-electron chi connectivity index (χ2n) is 4.19. The van der Waals surface area contributed by atoms with E-state index in [0.717, 1.165) is 6.07 Å².